The van der Waals surface area contributed by atoms with Crippen molar-refractivity contribution in [3.63, 3.8) is 0 Å². The molecule has 88 valence electrons. The van der Waals surface area contributed by atoms with Crippen LogP contribution in [0.25, 0.3) is 11.1 Å². The molecule has 0 bridgehead atoms. The molecular formula is C17H14O. The molecule has 0 fully saturated rings. The van der Waals surface area contributed by atoms with Crippen LogP contribution < -0.4 is 0 Å². The van der Waals surface area contributed by atoms with E-state index in [4.69, 9.17) is 0 Å². The Morgan fingerprint density at radius 2 is 1.39 bits per heavy atom. The van der Waals surface area contributed by atoms with E-state index >= 15 is 0 Å². The summed E-state index contributed by atoms with van der Waals surface area (Å²) in [6.07, 6.45) is 0. The van der Waals surface area contributed by atoms with Crippen LogP contribution in [0.3, 0.4) is 0 Å². The molecule has 0 spiro atoms. The van der Waals surface area contributed by atoms with Crippen LogP contribution in [-0.4, -0.2) is 5.78 Å². The number of benzene rings is 2. The van der Waals surface area contributed by atoms with Crippen LogP contribution in [0.5, 0.6) is 0 Å². The predicted octanol–water partition coefficient (Wildman–Crippen LogP) is 3.94. The lowest BCUT2D eigenvalue weighted by Gasteiger charge is -2.11. The van der Waals surface area contributed by atoms with Crippen molar-refractivity contribution < 1.29 is 4.79 Å². The number of rotatable bonds is 2. The molecule has 3 rings (SSSR count). The average molecular weight is 234 g/mol. The number of hydrogen-bond donors (Lipinski definition) is 0. The molecule has 0 N–H and O–H groups in total. The molecule has 0 saturated carbocycles. The summed E-state index contributed by atoms with van der Waals surface area (Å²) in [5, 5.41) is 0. The van der Waals surface area contributed by atoms with E-state index in [0.29, 0.717) is 5.57 Å². The molecule has 0 unspecified atom stereocenters. The van der Waals surface area contributed by atoms with Crippen LogP contribution in [-0.2, 0) is 4.79 Å². The van der Waals surface area contributed by atoms with E-state index in [1.165, 1.54) is 11.1 Å². The molecule has 0 radical (unpaired) electrons. The maximum Gasteiger partial charge on any atom is 0.169 e. The van der Waals surface area contributed by atoms with Gasteiger partial charge in [-0.1, -0.05) is 55.1 Å². The normalized spacial score (nSPS) is 12.9. The van der Waals surface area contributed by atoms with Crippen molar-refractivity contribution in [2.24, 2.45) is 0 Å². The minimum Gasteiger partial charge on any atom is -0.294 e. The molecule has 18 heavy (non-hydrogen) atoms. The second kappa shape index (κ2) is 3.95. The summed E-state index contributed by atoms with van der Waals surface area (Å²) < 4.78 is 0. The first-order chi connectivity index (χ1) is 8.70. The molecular weight excluding hydrogens is 220 g/mol. The summed E-state index contributed by atoms with van der Waals surface area (Å²) >= 11 is 0. The SMILES string of the molecule is C=C(C)C(=O)C1c2ccccc2-c2ccccc21. The summed E-state index contributed by atoms with van der Waals surface area (Å²) in [6.45, 7) is 5.58. The number of carbonyl (C=O) groups is 1. The Hall–Kier alpha value is -2.15. The van der Waals surface area contributed by atoms with Crippen molar-refractivity contribution in [1.29, 1.82) is 0 Å². The lowest BCUT2D eigenvalue weighted by atomic mass is 9.90. The van der Waals surface area contributed by atoms with Gasteiger partial charge < -0.3 is 0 Å². The standard InChI is InChI=1S/C17H14O/c1-11(2)17(18)16-14-9-5-3-7-12(14)13-8-4-6-10-15(13)16/h3-10,16H,1H2,2H3. The molecule has 2 aromatic carbocycles. The lowest BCUT2D eigenvalue weighted by Crippen LogP contribution is -2.11. The maximum absolute atomic E-state index is 12.4. The quantitative estimate of drug-likeness (QED) is 0.719. The van der Waals surface area contributed by atoms with Crippen LogP contribution in [0.1, 0.15) is 24.0 Å². The van der Waals surface area contributed by atoms with Crippen molar-refractivity contribution in [2.45, 2.75) is 12.8 Å². The molecule has 0 amide bonds. The fourth-order valence-corrected chi connectivity index (χ4v) is 2.68. The first-order valence-electron chi connectivity index (χ1n) is 6.08. The van der Waals surface area contributed by atoms with E-state index in [2.05, 4.69) is 18.7 Å². The van der Waals surface area contributed by atoms with Crippen LogP contribution in [0.4, 0.5) is 0 Å². The highest BCUT2D eigenvalue weighted by Gasteiger charge is 2.33. The van der Waals surface area contributed by atoms with Gasteiger partial charge in [-0.25, -0.2) is 0 Å². The van der Waals surface area contributed by atoms with Crippen molar-refractivity contribution >= 4 is 5.78 Å². The van der Waals surface area contributed by atoms with Crippen molar-refractivity contribution in [2.75, 3.05) is 0 Å². The first kappa shape index (κ1) is 11.0. The van der Waals surface area contributed by atoms with Crippen molar-refractivity contribution in [1.82, 2.24) is 0 Å². The summed E-state index contributed by atoms with van der Waals surface area (Å²) in [6, 6.07) is 16.3. The van der Waals surface area contributed by atoms with Gasteiger partial charge in [-0.3, -0.25) is 4.79 Å². The third-order valence-electron chi connectivity index (χ3n) is 3.52. The molecule has 0 saturated heterocycles. The molecule has 0 heterocycles. The molecule has 1 aliphatic rings. The summed E-state index contributed by atoms with van der Waals surface area (Å²) in [5.41, 5.74) is 5.17. The minimum atomic E-state index is -0.171. The van der Waals surface area contributed by atoms with E-state index < -0.39 is 0 Å². The summed E-state index contributed by atoms with van der Waals surface area (Å²) in [4.78, 5) is 12.4. The number of Topliss-reactive ketones (excluding diaryl/α,β-unsaturated/α-hetero) is 1. The molecule has 1 aliphatic carbocycles. The van der Waals surface area contributed by atoms with Gasteiger partial charge in [-0.2, -0.15) is 0 Å². The van der Waals surface area contributed by atoms with Crippen LogP contribution >= 0.6 is 0 Å². The van der Waals surface area contributed by atoms with E-state index in [-0.39, 0.29) is 11.7 Å². The van der Waals surface area contributed by atoms with E-state index in [9.17, 15) is 4.79 Å². The zero-order valence-electron chi connectivity index (χ0n) is 10.3. The average Bonchev–Trinajstić information content (AvgIpc) is 2.72. The summed E-state index contributed by atoms with van der Waals surface area (Å²) in [5.74, 6) is -0.0534. The zero-order valence-corrected chi connectivity index (χ0v) is 10.3. The first-order valence-corrected chi connectivity index (χ1v) is 6.08. The second-order valence-corrected chi connectivity index (χ2v) is 4.75. The van der Waals surface area contributed by atoms with Crippen LogP contribution in [0.2, 0.25) is 0 Å². The third kappa shape index (κ3) is 1.44. The second-order valence-electron chi connectivity index (χ2n) is 4.75. The summed E-state index contributed by atoms with van der Waals surface area (Å²) in [7, 11) is 0. The van der Waals surface area contributed by atoms with E-state index in [1.54, 1.807) is 6.92 Å². The molecule has 0 aliphatic heterocycles. The van der Waals surface area contributed by atoms with Gasteiger partial charge in [0.1, 0.15) is 0 Å². The highest BCUT2D eigenvalue weighted by Crippen LogP contribution is 2.45. The number of hydrogen-bond acceptors (Lipinski definition) is 1. The predicted molar refractivity (Wildman–Crippen MR) is 73.5 cm³/mol. The van der Waals surface area contributed by atoms with Gasteiger partial charge in [-0.05, 0) is 34.8 Å². The Bertz CT molecular complexity index is 607. The number of allylic oxidation sites excluding steroid dienone is 1. The number of ketones is 1. The smallest absolute Gasteiger partial charge is 0.169 e. The minimum absolute atomic E-state index is 0.118. The Morgan fingerprint density at radius 3 is 1.83 bits per heavy atom. The highest BCUT2D eigenvalue weighted by molar-refractivity contribution is 6.05. The maximum atomic E-state index is 12.4. The molecule has 1 heteroatoms. The van der Waals surface area contributed by atoms with Gasteiger partial charge in [0.15, 0.2) is 5.78 Å². The molecule has 0 atom stereocenters. The van der Waals surface area contributed by atoms with Crippen LogP contribution in [0.15, 0.2) is 60.7 Å². The van der Waals surface area contributed by atoms with Crippen molar-refractivity contribution in [3.8, 4) is 11.1 Å². The van der Waals surface area contributed by atoms with Gasteiger partial charge in [-0.15, -0.1) is 0 Å². The zero-order chi connectivity index (χ0) is 12.7. The van der Waals surface area contributed by atoms with Crippen molar-refractivity contribution in [3.05, 3.63) is 71.8 Å². The van der Waals surface area contributed by atoms with Gasteiger partial charge in [0, 0.05) is 0 Å². The van der Waals surface area contributed by atoms with Gasteiger partial charge >= 0.3 is 0 Å². The Labute approximate surface area is 107 Å². The van der Waals surface area contributed by atoms with E-state index in [1.807, 2.05) is 36.4 Å². The number of fused-ring (bicyclic) bond motifs is 3. The highest BCUT2D eigenvalue weighted by atomic mass is 16.1. The Kier molecular flexibility index (Phi) is 2.41. The Balaban J connectivity index is 2.27. The number of carbonyl (C=O) groups excluding carboxylic acids is 1. The van der Waals surface area contributed by atoms with Gasteiger partial charge in [0.25, 0.3) is 0 Å². The lowest BCUT2D eigenvalue weighted by molar-refractivity contribution is -0.116. The molecule has 2 aromatic rings. The topological polar surface area (TPSA) is 17.1 Å². The molecule has 0 aromatic heterocycles. The molecule has 1 nitrogen and oxygen atoms in total. The van der Waals surface area contributed by atoms with E-state index in [0.717, 1.165) is 11.1 Å². The monoisotopic (exact) mass is 234 g/mol. The van der Waals surface area contributed by atoms with Crippen LogP contribution in [0, 0.1) is 0 Å². The Morgan fingerprint density at radius 1 is 0.944 bits per heavy atom. The fraction of sp³-hybridized carbons (Fsp3) is 0.118. The fourth-order valence-electron chi connectivity index (χ4n) is 2.68. The van der Waals surface area contributed by atoms with Gasteiger partial charge in [0.2, 0.25) is 0 Å². The van der Waals surface area contributed by atoms with Gasteiger partial charge in [0.05, 0.1) is 5.92 Å². The third-order valence-corrected chi connectivity index (χ3v) is 3.52. The largest absolute Gasteiger partial charge is 0.294 e.